The number of rotatable bonds is 9. The van der Waals surface area contributed by atoms with Crippen LogP contribution in [0.5, 0.6) is 0 Å². The van der Waals surface area contributed by atoms with Gasteiger partial charge in [0.05, 0.1) is 17.0 Å². The third-order valence-corrected chi connectivity index (χ3v) is 5.53. The molecule has 1 aliphatic rings. The zero-order chi connectivity index (χ0) is 18.1. The molecule has 0 bridgehead atoms. The van der Waals surface area contributed by atoms with Crippen LogP contribution in [0.1, 0.15) is 30.1 Å². The minimum absolute atomic E-state index is 0. The zero-order valence-electron chi connectivity index (χ0n) is 15.2. The predicted octanol–water partition coefficient (Wildman–Crippen LogP) is 1.29. The Hall–Kier alpha value is -1.35. The summed E-state index contributed by atoms with van der Waals surface area (Å²) >= 11 is 0. The minimum atomic E-state index is -3.42. The Bertz CT molecular complexity index is 664. The highest BCUT2D eigenvalue weighted by Gasteiger charge is 2.16. The molecule has 1 saturated heterocycles. The van der Waals surface area contributed by atoms with Crippen molar-refractivity contribution in [2.45, 2.75) is 19.8 Å². The molecule has 0 saturated carbocycles. The molecule has 26 heavy (non-hydrogen) atoms. The van der Waals surface area contributed by atoms with Crippen LogP contribution in [-0.4, -0.2) is 64.2 Å². The Kier molecular flexibility index (Phi) is 9.93. The third kappa shape index (κ3) is 7.49. The van der Waals surface area contributed by atoms with E-state index in [0.29, 0.717) is 24.2 Å². The summed E-state index contributed by atoms with van der Waals surface area (Å²) in [5.74, 6) is -0.219. The van der Waals surface area contributed by atoms with Gasteiger partial charge in [-0.1, -0.05) is 19.1 Å². The van der Waals surface area contributed by atoms with Crippen molar-refractivity contribution >= 4 is 34.0 Å². The van der Waals surface area contributed by atoms with Crippen molar-refractivity contribution < 1.29 is 13.2 Å². The molecule has 1 heterocycles. The number of hydrogen-bond acceptors (Lipinski definition) is 5. The number of piperazine rings is 1. The van der Waals surface area contributed by atoms with E-state index in [1.807, 2.05) is 0 Å². The van der Waals surface area contributed by atoms with Crippen molar-refractivity contribution in [2.24, 2.45) is 0 Å². The van der Waals surface area contributed by atoms with Gasteiger partial charge in [-0.2, -0.15) is 0 Å². The topological polar surface area (TPSA) is 90.5 Å². The van der Waals surface area contributed by atoms with E-state index in [1.165, 1.54) is 0 Å². The van der Waals surface area contributed by atoms with E-state index in [0.717, 1.165) is 39.1 Å². The normalized spacial score (nSPS) is 15.1. The van der Waals surface area contributed by atoms with Crippen molar-refractivity contribution in [1.82, 2.24) is 15.5 Å². The fourth-order valence-corrected chi connectivity index (χ4v) is 3.94. The summed E-state index contributed by atoms with van der Waals surface area (Å²) in [5, 5.41) is 6.19. The number of carbonyl (C=O) groups excluding carboxylic acids is 1. The quantitative estimate of drug-likeness (QED) is 0.539. The first-order chi connectivity index (χ1) is 12.0. The van der Waals surface area contributed by atoms with Gasteiger partial charge in [-0.05, 0) is 31.5 Å². The second kappa shape index (κ2) is 11.4. The van der Waals surface area contributed by atoms with Crippen LogP contribution in [0.2, 0.25) is 0 Å². The van der Waals surface area contributed by atoms with Gasteiger partial charge in [0, 0.05) is 32.7 Å². The summed E-state index contributed by atoms with van der Waals surface area (Å²) in [7, 11) is -3.42. The molecule has 1 aliphatic heterocycles. The molecule has 7 nitrogen and oxygen atoms in total. The van der Waals surface area contributed by atoms with Crippen LogP contribution in [0.3, 0.4) is 0 Å². The summed E-state index contributed by atoms with van der Waals surface area (Å²) in [6.45, 7) is 7.42. The van der Waals surface area contributed by atoms with Crippen molar-refractivity contribution in [2.75, 3.05) is 49.7 Å². The molecular formula is C17H29ClN4O3S. The molecule has 1 amide bonds. The smallest absolute Gasteiger partial charge is 0.253 e. The van der Waals surface area contributed by atoms with Crippen molar-refractivity contribution in [3.8, 4) is 0 Å². The molecule has 3 N–H and O–H groups in total. The number of benzene rings is 1. The van der Waals surface area contributed by atoms with Gasteiger partial charge in [0.1, 0.15) is 0 Å². The predicted molar refractivity (Wildman–Crippen MR) is 108 cm³/mol. The Morgan fingerprint density at radius 1 is 1.23 bits per heavy atom. The molecule has 0 atom stereocenters. The van der Waals surface area contributed by atoms with Crippen LogP contribution in [0.15, 0.2) is 24.3 Å². The van der Waals surface area contributed by atoms with Crippen LogP contribution in [0.25, 0.3) is 0 Å². The van der Waals surface area contributed by atoms with E-state index >= 15 is 0 Å². The first-order valence-corrected chi connectivity index (χ1v) is 10.5. The van der Waals surface area contributed by atoms with E-state index < -0.39 is 10.0 Å². The number of anilines is 1. The Morgan fingerprint density at radius 3 is 2.62 bits per heavy atom. The van der Waals surface area contributed by atoms with Gasteiger partial charge in [0.15, 0.2) is 0 Å². The van der Waals surface area contributed by atoms with Gasteiger partial charge in [0.25, 0.3) is 5.91 Å². The average molecular weight is 405 g/mol. The van der Waals surface area contributed by atoms with E-state index in [1.54, 1.807) is 31.2 Å². The summed E-state index contributed by atoms with van der Waals surface area (Å²) < 4.78 is 26.4. The SMILES string of the molecule is CCCS(=O)(=O)Nc1ccccc1C(=O)NCCCN1CCNCC1.Cl. The van der Waals surface area contributed by atoms with Crippen LogP contribution < -0.4 is 15.4 Å². The fourth-order valence-electron chi connectivity index (χ4n) is 2.79. The van der Waals surface area contributed by atoms with Gasteiger partial charge < -0.3 is 15.5 Å². The highest BCUT2D eigenvalue weighted by molar-refractivity contribution is 7.92. The molecule has 0 aromatic heterocycles. The lowest BCUT2D eigenvalue weighted by Gasteiger charge is -2.27. The van der Waals surface area contributed by atoms with Crippen molar-refractivity contribution in [1.29, 1.82) is 0 Å². The van der Waals surface area contributed by atoms with Crippen molar-refractivity contribution in [3.05, 3.63) is 29.8 Å². The molecule has 0 spiro atoms. The summed E-state index contributed by atoms with van der Waals surface area (Å²) in [4.78, 5) is 14.8. The van der Waals surface area contributed by atoms with Gasteiger partial charge >= 0.3 is 0 Å². The van der Waals surface area contributed by atoms with E-state index in [-0.39, 0.29) is 24.1 Å². The monoisotopic (exact) mass is 404 g/mol. The van der Waals surface area contributed by atoms with Crippen LogP contribution >= 0.6 is 12.4 Å². The third-order valence-electron chi connectivity index (χ3n) is 4.06. The number of carbonyl (C=O) groups is 1. The molecular weight excluding hydrogens is 376 g/mol. The van der Waals surface area contributed by atoms with Gasteiger partial charge in [-0.15, -0.1) is 12.4 Å². The lowest BCUT2D eigenvalue weighted by atomic mass is 10.1. The number of nitrogens with one attached hydrogen (secondary N) is 3. The average Bonchev–Trinajstić information content (AvgIpc) is 2.59. The Balaban J connectivity index is 0.00000338. The van der Waals surface area contributed by atoms with E-state index in [2.05, 4.69) is 20.3 Å². The molecule has 2 rings (SSSR count). The number of hydrogen-bond donors (Lipinski definition) is 3. The summed E-state index contributed by atoms with van der Waals surface area (Å²) in [6, 6.07) is 6.69. The lowest BCUT2D eigenvalue weighted by molar-refractivity contribution is 0.0952. The van der Waals surface area contributed by atoms with Crippen LogP contribution in [0.4, 0.5) is 5.69 Å². The molecule has 0 radical (unpaired) electrons. The maximum atomic E-state index is 12.4. The highest BCUT2D eigenvalue weighted by Crippen LogP contribution is 2.17. The number of para-hydroxylation sites is 1. The molecule has 1 aromatic rings. The summed E-state index contributed by atoms with van der Waals surface area (Å²) in [5.41, 5.74) is 0.680. The molecule has 1 aromatic carbocycles. The number of amides is 1. The van der Waals surface area contributed by atoms with Crippen LogP contribution in [0, 0.1) is 0 Å². The van der Waals surface area contributed by atoms with E-state index in [4.69, 9.17) is 0 Å². The largest absolute Gasteiger partial charge is 0.352 e. The zero-order valence-corrected chi connectivity index (χ0v) is 16.8. The Labute approximate surface area is 162 Å². The maximum Gasteiger partial charge on any atom is 0.253 e. The second-order valence-corrected chi connectivity index (χ2v) is 8.01. The molecule has 0 aliphatic carbocycles. The minimum Gasteiger partial charge on any atom is -0.352 e. The van der Waals surface area contributed by atoms with E-state index in [9.17, 15) is 13.2 Å². The number of nitrogens with zero attached hydrogens (tertiary/aromatic N) is 1. The van der Waals surface area contributed by atoms with Gasteiger partial charge in [-0.3, -0.25) is 9.52 Å². The first kappa shape index (κ1) is 22.7. The fraction of sp³-hybridized carbons (Fsp3) is 0.588. The standard InChI is InChI=1S/C17H28N4O3S.ClH/c1-2-14-25(23,24)20-16-7-4-3-6-15(16)17(22)19-8-5-11-21-12-9-18-10-13-21;/h3-4,6-7,18,20H,2,5,8-14H2,1H3,(H,19,22);1H. The van der Waals surface area contributed by atoms with Crippen molar-refractivity contribution in [3.63, 3.8) is 0 Å². The summed E-state index contributed by atoms with van der Waals surface area (Å²) in [6.07, 6.45) is 1.39. The van der Waals surface area contributed by atoms with Crippen LogP contribution in [-0.2, 0) is 10.0 Å². The molecule has 1 fully saturated rings. The Morgan fingerprint density at radius 2 is 1.92 bits per heavy atom. The lowest BCUT2D eigenvalue weighted by Crippen LogP contribution is -2.44. The highest BCUT2D eigenvalue weighted by atomic mass is 35.5. The number of halogens is 1. The maximum absolute atomic E-state index is 12.4. The molecule has 0 unspecified atom stereocenters. The second-order valence-electron chi connectivity index (χ2n) is 6.17. The molecule has 9 heteroatoms. The number of sulfonamides is 1. The first-order valence-electron chi connectivity index (χ1n) is 8.82. The van der Waals surface area contributed by atoms with Gasteiger partial charge in [0.2, 0.25) is 10.0 Å². The molecule has 148 valence electrons. The van der Waals surface area contributed by atoms with Gasteiger partial charge in [-0.25, -0.2) is 8.42 Å².